The van der Waals surface area contributed by atoms with Gasteiger partial charge in [-0.25, -0.2) is 0 Å². The van der Waals surface area contributed by atoms with Crippen LogP contribution in [-0.4, -0.2) is 42.4 Å². The van der Waals surface area contributed by atoms with Gasteiger partial charge in [-0.3, -0.25) is 14.5 Å². The fourth-order valence-corrected chi connectivity index (χ4v) is 4.62. The van der Waals surface area contributed by atoms with Gasteiger partial charge in [-0.1, -0.05) is 43.0 Å². The maximum absolute atomic E-state index is 13.0. The molecule has 6 heteroatoms. The van der Waals surface area contributed by atoms with Gasteiger partial charge in [0.1, 0.15) is 0 Å². The van der Waals surface area contributed by atoms with Crippen molar-refractivity contribution in [2.75, 3.05) is 24.5 Å². The van der Waals surface area contributed by atoms with Crippen molar-refractivity contribution in [2.45, 2.75) is 71.9 Å². The summed E-state index contributed by atoms with van der Waals surface area (Å²) in [5, 5.41) is 3.75. The maximum Gasteiger partial charge on any atom is 0.251 e. The standard InChI is InChI=1S/C28H38ClN3O2/c1-21(2)31-17-7-5-4-6-8-18-32(22(3)33)27-14-11-24(19-25(27)20-31)28(34)30-16-15-23-9-12-26(29)13-10-23/h9-14,19,21H,4-8,15-18,20H2,1-3H3,(H,30,34). The predicted molar refractivity (Wildman–Crippen MR) is 141 cm³/mol. The van der Waals surface area contributed by atoms with Crippen LogP contribution in [0.5, 0.6) is 0 Å². The summed E-state index contributed by atoms with van der Waals surface area (Å²) >= 11 is 5.95. The number of nitrogens with zero attached hydrogens (tertiary/aromatic N) is 2. The van der Waals surface area contributed by atoms with E-state index >= 15 is 0 Å². The lowest BCUT2D eigenvalue weighted by molar-refractivity contribution is -0.116. The van der Waals surface area contributed by atoms with E-state index in [9.17, 15) is 9.59 Å². The fraction of sp³-hybridized carbons (Fsp3) is 0.500. The normalized spacial score (nSPS) is 15.9. The summed E-state index contributed by atoms with van der Waals surface area (Å²) in [6.45, 7) is 9.07. The van der Waals surface area contributed by atoms with E-state index in [2.05, 4.69) is 24.1 Å². The first-order chi connectivity index (χ1) is 16.3. The molecule has 2 aromatic rings. The molecule has 0 spiro atoms. The third-order valence-corrected chi connectivity index (χ3v) is 6.81. The summed E-state index contributed by atoms with van der Waals surface area (Å²) < 4.78 is 0. The molecule has 0 atom stereocenters. The Kier molecular flexibility index (Phi) is 9.97. The van der Waals surface area contributed by atoms with Gasteiger partial charge in [0.25, 0.3) is 5.91 Å². The highest BCUT2D eigenvalue weighted by Crippen LogP contribution is 2.26. The van der Waals surface area contributed by atoms with Crippen LogP contribution in [-0.2, 0) is 17.8 Å². The molecule has 5 nitrogen and oxygen atoms in total. The van der Waals surface area contributed by atoms with Crippen LogP contribution in [0.25, 0.3) is 0 Å². The molecule has 1 N–H and O–H groups in total. The van der Waals surface area contributed by atoms with Gasteiger partial charge in [-0.05, 0) is 81.1 Å². The molecule has 2 amide bonds. The first kappa shape index (κ1) is 26.2. The second-order valence-electron chi connectivity index (χ2n) is 9.48. The van der Waals surface area contributed by atoms with Crippen LogP contribution in [0.4, 0.5) is 5.69 Å². The molecule has 1 heterocycles. The Hall–Kier alpha value is -2.37. The Bertz CT molecular complexity index is 959. The van der Waals surface area contributed by atoms with Crippen molar-refractivity contribution in [1.82, 2.24) is 10.2 Å². The molecule has 0 unspecified atom stereocenters. The van der Waals surface area contributed by atoms with Gasteiger partial charge in [0.05, 0.1) is 0 Å². The van der Waals surface area contributed by atoms with E-state index in [1.807, 2.05) is 47.4 Å². The summed E-state index contributed by atoms with van der Waals surface area (Å²) in [4.78, 5) is 29.8. The maximum atomic E-state index is 13.0. The summed E-state index contributed by atoms with van der Waals surface area (Å²) in [6, 6.07) is 13.9. The minimum Gasteiger partial charge on any atom is -0.352 e. The second-order valence-corrected chi connectivity index (χ2v) is 9.91. The van der Waals surface area contributed by atoms with Gasteiger partial charge in [0, 0.05) is 48.9 Å². The number of benzene rings is 2. The third kappa shape index (κ3) is 7.57. The average molecular weight is 484 g/mol. The largest absolute Gasteiger partial charge is 0.352 e. The molecule has 0 fully saturated rings. The van der Waals surface area contributed by atoms with E-state index in [-0.39, 0.29) is 11.8 Å². The topological polar surface area (TPSA) is 52.7 Å². The van der Waals surface area contributed by atoms with Crippen molar-refractivity contribution in [3.05, 3.63) is 64.2 Å². The minimum atomic E-state index is -0.0895. The SMILES string of the molecule is CC(=O)N1CCCCCCCN(C(C)C)Cc2cc(C(=O)NCCc3ccc(Cl)cc3)ccc21. The average Bonchev–Trinajstić information content (AvgIpc) is 2.80. The molecular weight excluding hydrogens is 446 g/mol. The van der Waals surface area contributed by atoms with Crippen LogP contribution in [0, 0.1) is 0 Å². The minimum absolute atomic E-state index is 0.0505. The summed E-state index contributed by atoms with van der Waals surface area (Å²) in [5.74, 6) is -0.0390. The summed E-state index contributed by atoms with van der Waals surface area (Å²) in [6.07, 6.45) is 6.47. The van der Waals surface area contributed by atoms with Gasteiger partial charge in [-0.15, -0.1) is 0 Å². The smallest absolute Gasteiger partial charge is 0.251 e. The van der Waals surface area contributed by atoms with Crippen LogP contribution < -0.4 is 10.2 Å². The molecule has 0 radical (unpaired) electrons. The molecule has 0 aliphatic carbocycles. The van der Waals surface area contributed by atoms with Crippen LogP contribution in [0.3, 0.4) is 0 Å². The van der Waals surface area contributed by atoms with Crippen LogP contribution >= 0.6 is 11.6 Å². The first-order valence-electron chi connectivity index (χ1n) is 12.5. The van der Waals surface area contributed by atoms with E-state index in [1.54, 1.807) is 6.92 Å². The summed E-state index contributed by atoms with van der Waals surface area (Å²) in [7, 11) is 0. The molecule has 3 rings (SSSR count). The molecule has 2 aromatic carbocycles. The lowest BCUT2D eigenvalue weighted by atomic mass is 10.0. The highest BCUT2D eigenvalue weighted by atomic mass is 35.5. The molecule has 0 bridgehead atoms. The number of halogens is 1. The Balaban J connectivity index is 1.80. The van der Waals surface area contributed by atoms with Crippen molar-refractivity contribution in [1.29, 1.82) is 0 Å². The number of fused-ring (bicyclic) bond motifs is 1. The second kappa shape index (κ2) is 12.9. The van der Waals surface area contributed by atoms with Gasteiger partial charge < -0.3 is 10.2 Å². The Morgan fingerprint density at radius 2 is 1.65 bits per heavy atom. The van der Waals surface area contributed by atoms with Crippen LogP contribution in [0.2, 0.25) is 5.02 Å². The van der Waals surface area contributed by atoms with E-state index in [4.69, 9.17) is 11.6 Å². The van der Waals surface area contributed by atoms with Gasteiger partial charge >= 0.3 is 0 Å². The molecule has 1 aliphatic heterocycles. The molecule has 184 valence electrons. The van der Waals surface area contributed by atoms with Crippen molar-refractivity contribution >= 4 is 29.1 Å². The van der Waals surface area contributed by atoms with Crippen molar-refractivity contribution in [2.24, 2.45) is 0 Å². The van der Waals surface area contributed by atoms with Gasteiger partial charge in [0.2, 0.25) is 5.91 Å². The first-order valence-corrected chi connectivity index (χ1v) is 12.9. The third-order valence-electron chi connectivity index (χ3n) is 6.56. The number of hydrogen-bond acceptors (Lipinski definition) is 3. The molecule has 34 heavy (non-hydrogen) atoms. The zero-order valence-corrected chi connectivity index (χ0v) is 21.5. The van der Waals surface area contributed by atoms with Crippen LogP contribution in [0.1, 0.15) is 74.4 Å². The van der Waals surface area contributed by atoms with Gasteiger partial charge in [0.15, 0.2) is 0 Å². The fourth-order valence-electron chi connectivity index (χ4n) is 4.49. The monoisotopic (exact) mass is 483 g/mol. The molecule has 0 aromatic heterocycles. The number of hydrogen-bond donors (Lipinski definition) is 1. The van der Waals surface area contributed by atoms with Crippen molar-refractivity contribution in [3.8, 4) is 0 Å². The Morgan fingerprint density at radius 3 is 2.32 bits per heavy atom. The lowest BCUT2D eigenvalue weighted by Crippen LogP contribution is -2.35. The summed E-state index contributed by atoms with van der Waals surface area (Å²) in [5.41, 5.74) is 3.73. The highest BCUT2D eigenvalue weighted by Gasteiger charge is 2.21. The molecule has 0 saturated heterocycles. The number of amides is 2. The molecule has 1 aliphatic rings. The molecular formula is C28H38ClN3O2. The van der Waals surface area contributed by atoms with E-state index in [0.29, 0.717) is 23.2 Å². The Morgan fingerprint density at radius 1 is 0.971 bits per heavy atom. The van der Waals surface area contributed by atoms with E-state index in [1.165, 1.54) is 19.3 Å². The van der Waals surface area contributed by atoms with E-state index in [0.717, 1.165) is 55.7 Å². The van der Waals surface area contributed by atoms with Gasteiger partial charge in [-0.2, -0.15) is 0 Å². The number of anilines is 1. The van der Waals surface area contributed by atoms with Crippen molar-refractivity contribution < 1.29 is 9.59 Å². The molecule has 0 saturated carbocycles. The lowest BCUT2D eigenvalue weighted by Gasteiger charge is -2.31. The quantitative estimate of drug-likeness (QED) is 0.581. The Labute approximate surface area is 209 Å². The zero-order valence-electron chi connectivity index (χ0n) is 20.8. The number of carbonyl (C=O) groups excluding carboxylic acids is 2. The highest BCUT2D eigenvalue weighted by molar-refractivity contribution is 6.30. The number of rotatable bonds is 5. The van der Waals surface area contributed by atoms with Crippen LogP contribution in [0.15, 0.2) is 42.5 Å². The van der Waals surface area contributed by atoms with Crippen molar-refractivity contribution in [3.63, 3.8) is 0 Å². The van der Waals surface area contributed by atoms with E-state index < -0.39 is 0 Å². The number of nitrogens with one attached hydrogen (secondary N) is 1. The predicted octanol–water partition coefficient (Wildman–Crippen LogP) is 5.84. The number of carbonyl (C=O) groups is 2. The zero-order chi connectivity index (χ0) is 24.5.